The van der Waals surface area contributed by atoms with Crippen LogP contribution in [0.4, 0.5) is 10.5 Å². The number of nitrogens with zero attached hydrogens (tertiary/aromatic N) is 2. The summed E-state index contributed by atoms with van der Waals surface area (Å²) in [5.74, 6) is 0. The van der Waals surface area contributed by atoms with Crippen molar-refractivity contribution in [1.82, 2.24) is 4.90 Å². The summed E-state index contributed by atoms with van der Waals surface area (Å²) in [4.78, 5) is 13.0. The van der Waals surface area contributed by atoms with E-state index in [0.717, 1.165) is 0 Å². The average molecular weight is 233 g/mol. The molecule has 0 aliphatic heterocycles. The first-order chi connectivity index (χ1) is 8.02. The normalized spacial score (nSPS) is 11.4. The highest BCUT2D eigenvalue weighted by Crippen LogP contribution is 2.09. The Bertz CT molecular complexity index is 420. The summed E-state index contributed by atoms with van der Waals surface area (Å²) < 4.78 is 0. The van der Waals surface area contributed by atoms with E-state index in [2.05, 4.69) is 5.32 Å². The summed E-state index contributed by atoms with van der Waals surface area (Å²) in [6, 6.07) is 8.28. The third-order valence-electron chi connectivity index (χ3n) is 2.15. The van der Waals surface area contributed by atoms with Gasteiger partial charge in [-0.15, -0.1) is 0 Å². The Kier molecular flexibility index (Phi) is 4.49. The first kappa shape index (κ1) is 13.0. The molecule has 0 spiro atoms. The molecular formula is C12H15N3O2. The van der Waals surface area contributed by atoms with Crippen LogP contribution in [0.15, 0.2) is 24.3 Å². The second-order valence-electron chi connectivity index (χ2n) is 3.85. The molecule has 0 fully saturated rings. The summed E-state index contributed by atoms with van der Waals surface area (Å²) in [7, 11) is 1.60. The highest BCUT2D eigenvalue weighted by atomic mass is 16.3. The van der Waals surface area contributed by atoms with E-state index < -0.39 is 6.10 Å². The van der Waals surface area contributed by atoms with Crippen LogP contribution in [-0.4, -0.2) is 35.7 Å². The highest BCUT2D eigenvalue weighted by Gasteiger charge is 2.10. The van der Waals surface area contributed by atoms with Crippen LogP contribution >= 0.6 is 0 Å². The molecule has 1 atom stereocenters. The van der Waals surface area contributed by atoms with Crippen LogP contribution in [0.3, 0.4) is 0 Å². The third kappa shape index (κ3) is 4.13. The number of urea groups is 1. The number of aliphatic hydroxyl groups is 1. The maximum Gasteiger partial charge on any atom is 0.321 e. The number of rotatable bonds is 3. The Balaban J connectivity index is 2.59. The van der Waals surface area contributed by atoms with Crippen molar-refractivity contribution in [1.29, 1.82) is 5.26 Å². The predicted molar refractivity (Wildman–Crippen MR) is 64.5 cm³/mol. The lowest BCUT2D eigenvalue weighted by Crippen LogP contribution is -2.36. The molecule has 90 valence electrons. The van der Waals surface area contributed by atoms with Gasteiger partial charge in [0, 0.05) is 19.3 Å². The number of carbonyl (C=O) groups is 1. The Morgan fingerprint density at radius 3 is 2.59 bits per heavy atom. The fourth-order valence-corrected chi connectivity index (χ4v) is 1.33. The molecule has 2 N–H and O–H groups in total. The number of amides is 2. The maximum absolute atomic E-state index is 11.6. The van der Waals surface area contributed by atoms with Crippen LogP contribution in [0.2, 0.25) is 0 Å². The number of hydrogen-bond acceptors (Lipinski definition) is 3. The van der Waals surface area contributed by atoms with Crippen molar-refractivity contribution in [2.45, 2.75) is 13.0 Å². The number of nitriles is 1. The minimum atomic E-state index is -0.563. The molecular weight excluding hydrogens is 218 g/mol. The van der Waals surface area contributed by atoms with Crippen LogP contribution in [-0.2, 0) is 0 Å². The molecule has 1 aromatic carbocycles. The number of aliphatic hydroxyl groups excluding tert-OH is 1. The van der Waals surface area contributed by atoms with Gasteiger partial charge in [0.2, 0.25) is 0 Å². The lowest BCUT2D eigenvalue weighted by atomic mass is 10.2. The molecule has 1 aromatic rings. The van der Waals surface area contributed by atoms with Gasteiger partial charge in [0.15, 0.2) is 0 Å². The first-order valence-electron chi connectivity index (χ1n) is 5.23. The summed E-state index contributed by atoms with van der Waals surface area (Å²) in [6.07, 6.45) is -0.563. The number of carbonyl (C=O) groups excluding carboxylic acids is 1. The molecule has 5 heteroatoms. The van der Waals surface area contributed by atoms with E-state index in [9.17, 15) is 4.79 Å². The monoisotopic (exact) mass is 233 g/mol. The standard InChI is InChI=1S/C12H15N3O2/c1-9(16)8-15(2)12(17)14-11-5-3-10(7-13)4-6-11/h3-6,9,16H,8H2,1-2H3,(H,14,17). The Morgan fingerprint density at radius 1 is 1.53 bits per heavy atom. The number of benzene rings is 1. The van der Waals surface area contributed by atoms with Crippen molar-refractivity contribution in [2.75, 3.05) is 18.9 Å². The van der Waals surface area contributed by atoms with Crippen molar-refractivity contribution in [3.05, 3.63) is 29.8 Å². The van der Waals surface area contributed by atoms with E-state index in [1.807, 2.05) is 6.07 Å². The second-order valence-corrected chi connectivity index (χ2v) is 3.85. The number of nitrogens with one attached hydrogen (secondary N) is 1. The molecule has 0 bridgehead atoms. The van der Waals surface area contributed by atoms with Crippen molar-refractivity contribution >= 4 is 11.7 Å². The van der Waals surface area contributed by atoms with E-state index in [1.165, 1.54) is 4.90 Å². The van der Waals surface area contributed by atoms with Crippen LogP contribution in [0.5, 0.6) is 0 Å². The van der Waals surface area contributed by atoms with E-state index in [1.54, 1.807) is 38.2 Å². The molecule has 2 amide bonds. The van der Waals surface area contributed by atoms with Gasteiger partial charge < -0.3 is 15.3 Å². The van der Waals surface area contributed by atoms with E-state index in [4.69, 9.17) is 10.4 Å². The predicted octanol–water partition coefficient (Wildman–Crippen LogP) is 1.40. The molecule has 0 heterocycles. The van der Waals surface area contributed by atoms with E-state index in [0.29, 0.717) is 11.3 Å². The Morgan fingerprint density at radius 2 is 2.12 bits per heavy atom. The van der Waals surface area contributed by atoms with Crippen LogP contribution in [0, 0.1) is 11.3 Å². The smallest absolute Gasteiger partial charge is 0.321 e. The molecule has 0 saturated heterocycles. The lowest BCUT2D eigenvalue weighted by molar-refractivity contribution is 0.149. The second kappa shape index (κ2) is 5.87. The molecule has 1 rings (SSSR count). The number of hydrogen-bond donors (Lipinski definition) is 2. The largest absolute Gasteiger partial charge is 0.392 e. The average Bonchev–Trinajstić information content (AvgIpc) is 2.29. The zero-order chi connectivity index (χ0) is 12.8. The quantitative estimate of drug-likeness (QED) is 0.828. The minimum Gasteiger partial charge on any atom is -0.392 e. The van der Waals surface area contributed by atoms with Crippen LogP contribution in [0.25, 0.3) is 0 Å². The third-order valence-corrected chi connectivity index (χ3v) is 2.15. The maximum atomic E-state index is 11.6. The first-order valence-corrected chi connectivity index (χ1v) is 5.23. The topological polar surface area (TPSA) is 76.4 Å². The zero-order valence-electron chi connectivity index (χ0n) is 9.84. The van der Waals surface area contributed by atoms with Crippen molar-refractivity contribution in [3.63, 3.8) is 0 Å². The van der Waals surface area contributed by atoms with Gasteiger partial charge in [0.1, 0.15) is 0 Å². The van der Waals surface area contributed by atoms with Gasteiger partial charge in [-0.1, -0.05) is 0 Å². The van der Waals surface area contributed by atoms with Crippen molar-refractivity contribution in [2.24, 2.45) is 0 Å². The van der Waals surface area contributed by atoms with Crippen LogP contribution < -0.4 is 5.32 Å². The molecule has 0 radical (unpaired) electrons. The fraction of sp³-hybridized carbons (Fsp3) is 0.333. The molecule has 17 heavy (non-hydrogen) atoms. The number of likely N-dealkylation sites (N-methyl/N-ethyl adjacent to an activating group) is 1. The Labute approximate surface area is 100 Å². The zero-order valence-corrected chi connectivity index (χ0v) is 9.84. The van der Waals surface area contributed by atoms with E-state index >= 15 is 0 Å². The fourth-order valence-electron chi connectivity index (χ4n) is 1.33. The van der Waals surface area contributed by atoms with Crippen LogP contribution in [0.1, 0.15) is 12.5 Å². The van der Waals surface area contributed by atoms with Gasteiger partial charge >= 0.3 is 6.03 Å². The summed E-state index contributed by atoms with van der Waals surface area (Å²) in [5.41, 5.74) is 1.16. The van der Waals surface area contributed by atoms with Crippen molar-refractivity contribution < 1.29 is 9.90 Å². The highest BCUT2D eigenvalue weighted by molar-refractivity contribution is 5.89. The van der Waals surface area contributed by atoms with Gasteiger partial charge in [-0.25, -0.2) is 4.79 Å². The Hall–Kier alpha value is -2.06. The molecule has 0 aliphatic carbocycles. The van der Waals surface area contributed by atoms with Gasteiger partial charge in [-0.2, -0.15) is 5.26 Å². The molecule has 0 aromatic heterocycles. The van der Waals surface area contributed by atoms with Gasteiger partial charge in [0.25, 0.3) is 0 Å². The van der Waals surface area contributed by atoms with E-state index in [-0.39, 0.29) is 12.6 Å². The summed E-state index contributed by atoms with van der Waals surface area (Å²) in [5, 5.41) is 20.4. The SMILES string of the molecule is CC(O)CN(C)C(=O)Nc1ccc(C#N)cc1. The summed E-state index contributed by atoms with van der Waals surface area (Å²) >= 11 is 0. The summed E-state index contributed by atoms with van der Waals surface area (Å²) in [6.45, 7) is 1.88. The number of anilines is 1. The molecule has 0 aliphatic rings. The minimum absolute atomic E-state index is 0.266. The lowest BCUT2D eigenvalue weighted by Gasteiger charge is -2.19. The van der Waals surface area contributed by atoms with Gasteiger partial charge in [0.05, 0.1) is 17.7 Å². The van der Waals surface area contributed by atoms with Gasteiger partial charge in [-0.05, 0) is 31.2 Å². The molecule has 1 unspecified atom stereocenters. The molecule has 0 saturated carbocycles. The van der Waals surface area contributed by atoms with Crippen molar-refractivity contribution in [3.8, 4) is 6.07 Å². The molecule has 5 nitrogen and oxygen atoms in total. The van der Waals surface area contributed by atoms with Gasteiger partial charge in [-0.3, -0.25) is 0 Å².